The van der Waals surface area contributed by atoms with Crippen molar-refractivity contribution in [2.24, 2.45) is 5.92 Å². The summed E-state index contributed by atoms with van der Waals surface area (Å²) in [5, 5.41) is 3.08. The molecule has 0 radical (unpaired) electrons. The minimum absolute atomic E-state index is 0.0312. The molecule has 0 saturated heterocycles. The first-order valence-corrected chi connectivity index (χ1v) is 12.2. The summed E-state index contributed by atoms with van der Waals surface area (Å²) in [4.78, 5) is 22.8. The molecule has 0 unspecified atom stereocenters. The Morgan fingerprint density at radius 2 is 1.82 bits per heavy atom. The zero-order valence-electron chi connectivity index (χ0n) is 18.9. The van der Waals surface area contributed by atoms with Crippen LogP contribution in [0, 0.1) is 11.7 Å². The van der Waals surface area contributed by atoms with Crippen LogP contribution >= 0.6 is 0 Å². The summed E-state index contributed by atoms with van der Waals surface area (Å²) in [6, 6.07) is 15.0. The van der Waals surface area contributed by atoms with Gasteiger partial charge in [-0.3, -0.25) is 4.79 Å². The van der Waals surface area contributed by atoms with Crippen molar-refractivity contribution in [3.8, 4) is 11.3 Å². The maximum absolute atomic E-state index is 13.8. The van der Waals surface area contributed by atoms with E-state index < -0.39 is 0 Å². The second kappa shape index (κ2) is 9.82. The molecule has 0 bridgehead atoms. The number of anilines is 1. The van der Waals surface area contributed by atoms with Gasteiger partial charge >= 0.3 is 0 Å². The van der Waals surface area contributed by atoms with E-state index in [4.69, 9.17) is 9.97 Å². The van der Waals surface area contributed by atoms with Gasteiger partial charge in [0.05, 0.1) is 17.1 Å². The predicted molar refractivity (Wildman–Crippen MR) is 129 cm³/mol. The number of aromatic nitrogens is 2. The second-order valence-electron chi connectivity index (χ2n) is 9.36. The molecule has 170 valence electrons. The number of nitrogens with one attached hydrogen (secondary N) is 1. The van der Waals surface area contributed by atoms with E-state index in [2.05, 4.69) is 5.32 Å². The molecule has 4 nitrogen and oxygen atoms in total. The van der Waals surface area contributed by atoms with Gasteiger partial charge in [0.2, 0.25) is 5.91 Å². The Morgan fingerprint density at radius 1 is 1.00 bits per heavy atom. The van der Waals surface area contributed by atoms with Crippen LogP contribution in [0.15, 0.2) is 48.5 Å². The molecule has 1 aromatic heterocycles. The van der Waals surface area contributed by atoms with Crippen LogP contribution in [0.4, 0.5) is 10.2 Å². The summed E-state index contributed by atoms with van der Waals surface area (Å²) in [5.74, 6) is 0.941. The molecule has 3 aromatic rings. The van der Waals surface area contributed by atoms with Gasteiger partial charge in [-0.15, -0.1) is 0 Å². The number of aryl methyl sites for hydroxylation is 3. The number of benzene rings is 2. The average Bonchev–Trinajstić information content (AvgIpc) is 2.84. The van der Waals surface area contributed by atoms with Crippen molar-refractivity contribution in [2.75, 3.05) is 5.32 Å². The van der Waals surface area contributed by atoms with Crippen molar-refractivity contribution < 1.29 is 9.18 Å². The van der Waals surface area contributed by atoms with Crippen LogP contribution in [0.5, 0.6) is 0 Å². The summed E-state index contributed by atoms with van der Waals surface area (Å²) in [6.45, 7) is 0. The number of hydrogen-bond donors (Lipinski definition) is 1. The Bertz CT molecular complexity index is 1140. The fourth-order valence-electron chi connectivity index (χ4n) is 5.15. The molecule has 1 N–H and O–H groups in total. The summed E-state index contributed by atoms with van der Waals surface area (Å²) < 4.78 is 13.8. The van der Waals surface area contributed by atoms with Crippen molar-refractivity contribution in [2.45, 2.75) is 64.2 Å². The minimum Gasteiger partial charge on any atom is -0.309 e. The van der Waals surface area contributed by atoms with Crippen molar-refractivity contribution in [3.63, 3.8) is 0 Å². The van der Waals surface area contributed by atoms with E-state index in [9.17, 15) is 9.18 Å². The van der Waals surface area contributed by atoms with Crippen LogP contribution in [-0.2, 0) is 30.5 Å². The first-order chi connectivity index (χ1) is 16.2. The van der Waals surface area contributed by atoms with Crippen molar-refractivity contribution in [1.29, 1.82) is 0 Å². The molecule has 2 aliphatic rings. The van der Waals surface area contributed by atoms with Gasteiger partial charge < -0.3 is 5.32 Å². The van der Waals surface area contributed by atoms with Gasteiger partial charge in [-0.05, 0) is 60.9 Å². The van der Waals surface area contributed by atoms with E-state index in [0.29, 0.717) is 31.0 Å². The highest BCUT2D eigenvalue weighted by molar-refractivity contribution is 5.90. The van der Waals surface area contributed by atoms with Crippen LogP contribution in [-0.4, -0.2) is 15.9 Å². The molecule has 2 aromatic carbocycles. The number of carbonyl (C=O) groups is 1. The van der Waals surface area contributed by atoms with E-state index in [0.717, 1.165) is 46.6 Å². The molecule has 1 saturated carbocycles. The Balaban J connectivity index is 1.42. The summed E-state index contributed by atoms with van der Waals surface area (Å²) >= 11 is 0. The van der Waals surface area contributed by atoms with Gasteiger partial charge in [-0.25, -0.2) is 14.4 Å². The number of hydrogen-bond acceptors (Lipinski definition) is 3. The highest BCUT2D eigenvalue weighted by atomic mass is 19.1. The van der Waals surface area contributed by atoms with Gasteiger partial charge in [0.15, 0.2) is 5.82 Å². The molecule has 1 amide bonds. The molecule has 1 heterocycles. The standard InChI is InChI=1S/C28H30FN3O/c29-22-13-14-23-21(18-22)12-15-24-27(23)30-25(17-20-9-5-2-6-10-20)28(31-24)32-26(33)16-11-19-7-3-1-4-8-19/h1,3-4,7-8,13-14,18,20H,2,5-6,9-12,15-17H2,(H,31,32,33). The predicted octanol–water partition coefficient (Wildman–Crippen LogP) is 6.08. The fourth-order valence-corrected chi connectivity index (χ4v) is 5.15. The zero-order chi connectivity index (χ0) is 22.6. The third-order valence-electron chi connectivity index (χ3n) is 6.94. The van der Waals surface area contributed by atoms with Crippen LogP contribution in [0.2, 0.25) is 0 Å². The molecule has 33 heavy (non-hydrogen) atoms. The lowest BCUT2D eigenvalue weighted by Gasteiger charge is -2.24. The number of rotatable bonds is 6. The molecule has 0 aliphatic heterocycles. The monoisotopic (exact) mass is 443 g/mol. The number of fused-ring (bicyclic) bond motifs is 3. The summed E-state index contributed by atoms with van der Waals surface area (Å²) in [7, 11) is 0. The minimum atomic E-state index is -0.213. The molecule has 2 aliphatic carbocycles. The van der Waals surface area contributed by atoms with Crippen LogP contribution in [0.25, 0.3) is 11.3 Å². The third-order valence-corrected chi connectivity index (χ3v) is 6.94. The second-order valence-corrected chi connectivity index (χ2v) is 9.36. The number of nitrogens with zero attached hydrogens (tertiary/aromatic N) is 2. The molecule has 5 heteroatoms. The average molecular weight is 444 g/mol. The SMILES string of the molecule is O=C(CCc1ccccc1)Nc1nc2c(nc1CC1CCCCC1)-c1ccc(F)cc1CC2. The Kier molecular flexibility index (Phi) is 6.47. The molecule has 0 spiro atoms. The quantitative estimate of drug-likeness (QED) is 0.503. The van der Waals surface area contributed by atoms with Gasteiger partial charge in [0.1, 0.15) is 5.82 Å². The Labute approximate surface area is 194 Å². The van der Waals surface area contributed by atoms with Gasteiger partial charge in [0, 0.05) is 12.0 Å². The smallest absolute Gasteiger partial charge is 0.225 e. The van der Waals surface area contributed by atoms with E-state index in [1.165, 1.54) is 38.2 Å². The van der Waals surface area contributed by atoms with Crippen LogP contribution in [0.1, 0.15) is 61.0 Å². The van der Waals surface area contributed by atoms with Crippen molar-refractivity contribution in [3.05, 3.63) is 76.9 Å². The number of halogens is 1. The van der Waals surface area contributed by atoms with E-state index in [1.54, 1.807) is 6.07 Å². The van der Waals surface area contributed by atoms with Crippen molar-refractivity contribution in [1.82, 2.24) is 9.97 Å². The molecular formula is C28H30FN3O. The normalized spacial score (nSPS) is 15.5. The van der Waals surface area contributed by atoms with Gasteiger partial charge in [-0.2, -0.15) is 0 Å². The van der Waals surface area contributed by atoms with Crippen LogP contribution < -0.4 is 5.32 Å². The molecular weight excluding hydrogens is 413 g/mol. The van der Waals surface area contributed by atoms with Gasteiger partial charge in [0.25, 0.3) is 0 Å². The van der Waals surface area contributed by atoms with E-state index >= 15 is 0 Å². The van der Waals surface area contributed by atoms with E-state index in [-0.39, 0.29) is 11.7 Å². The lowest BCUT2D eigenvalue weighted by molar-refractivity contribution is -0.116. The maximum Gasteiger partial charge on any atom is 0.225 e. The highest BCUT2D eigenvalue weighted by Gasteiger charge is 2.25. The maximum atomic E-state index is 13.8. The first-order valence-electron chi connectivity index (χ1n) is 12.2. The molecule has 5 rings (SSSR count). The van der Waals surface area contributed by atoms with Crippen molar-refractivity contribution >= 4 is 11.7 Å². The van der Waals surface area contributed by atoms with E-state index in [1.807, 2.05) is 36.4 Å². The topological polar surface area (TPSA) is 54.9 Å². The highest BCUT2D eigenvalue weighted by Crippen LogP contribution is 2.35. The summed E-state index contributed by atoms with van der Waals surface area (Å²) in [6.07, 6.45) is 9.57. The largest absolute Gasteiger partial charge is 0.309 e. The third kappa shape index (κ3) is 5.13. The molecule has 1 fully saturated rings. The lowest BCUT2D eigenvalue weighted by atomic mass is 9.85. The van der Waals surface area contributed by atoms with Gasteiger partial charge in [-0.1, -0.05) is 62.4 Å². The fraction of sp³-hybridized carbons (Fsp3) is 0.393. The summed E-state index contributed by atoms with van der Waals surface area (Å²) in [5.41, 5.74) is 5.71. The number of carbonyl (C=O) groups excluding carboxylic acids is 1. The number of amides is 1. The van der Waals surface area contributed by atoms with Crippen LogP contribution in [0.3, 0.4) is 0 Å². The Morgan fingerprint density at radius 3 is 2.64 bits per heavy atom. The molecule has 0 atom stereocenters. The first kappa shape index (κ1) is 21.7. The Hall–Kier alpha value is -3.08. The lowest BCUT2D eigenvalue weighted by Crippen LogP contribution is -2.20. The zero-order valence-corrected chi connectivity index (χ0v) is 18.9.